The van der Waals surface area contributed by atoms with Crippen LogP contribution >= 0.6 is 0 Å². The molecule has 0 radical (unpaired) electrons. The quantitative estimate of drug-likeness (QED) is 0.853. The summed E-state index contributed by atoms with van der Waals surface area (Å²) in [6.45, 7) is 3.62. The largest absolute Gasteiger partial charge is 0.336 e. The number of sulfone groups is 1. The first-order valence-corrected chi connectivity index (χ1v) is 10.6. The number of aryl methyl sites for hydroxylation is 1. The van der Waals surface area contributed by atoms with Crippen molar-refractivity contribution < 1.29 is 22.4 Å². The third kappa shape index (κ3) is 4.06. The number of nitrogens with one attached hydrogen (secondary N) is 1. The Morgan fingerprint density at radius 1 is 1.18 bits per heavy atom. The van der Waals surface area contributed by atoms with Gasteiger partial charge >= 0.3 is 0 Å². The lowest BCUT2D eigenvalue weighted by atomic mass is 10.1. The normalized spacial score (nSPS) is 18.5. The first kappa shape index (κ1) is 20.0. The highest BCUT2D eigenvalue weighted by Gasteiger charge is 2.32. The minimum absolute atomic E-state index is 0.0668. The van der Waals surface area contributed by atoms with Crippen LogP contribution in [0.1, 0.15) is 33.2 Å². The number of hydrogen-bond donors (Lipinski definition) is 1. The molecule has 1 aliphatic heterocycles. The number of carbonyl (C=O) groups is 2. The molecule has 2 amide bonds. The number of nitrogens with zero attached hydrogens (tertiary/aromatic N) is 1. The number of carbonyl (C=O) groups excluding carboxylic acids is 2. The molecule has 0 aromatic heterocycles. The van der Waals surface area contributed by atoms with Crippen molar-refractivity contribution in [3.8, 4) is 0 Å². The lowest BCUT2D eigenvalue weighted by Gasteiger charge is -2.31. The van der Waals surface area contributed by atoms with Gasteiger partial charge in [0.2, 0.25) is 0 Å². The highest BCUT2D eigenvalue weighted by molar-refractivity contribution is 7.92. The standard InChI is InChI=1S/C20H21FN2O4S/c1-13-7-8-15(20(25)23-9-10-28(26,27)14(2)12-23)11-18(13)22-19(24)16-5-3-4-6-17(16)21/h3-8,11,14H,9-10,12H2,1-2H3,(H,22,24)/t14-/m1/s1. The Morgan fingerprint density at radius 2 is 1.89 bits per heavy atom. The van der Waals surface area contributed by atoms with Gasteiger partial charge < -0.3 is 10.2 Å². The van der Waals surface area contributed by atoms with Crippen molar-refractivity contribution in [2.45, 2.75) is 19.1 Å². The first-order valence-electron chi connectivity index (χ1n) is 8.86. The third-order valence-corrected chi connectivity index (χ3v) is 7.00. The number of benzene rings is 2. The van der Waals surface area contributed by atoms with Crippen LogP contribution in [0.25, 0.3) is 0 Å². The summed E-state index contributed by atoms with van der Waals surface area (Å²) in [6.07, 6.45) is 0. The van der Waals surface area contributed by atoms with Gasteiger partial charge in [-0.05, 0) is 43.7 Å². The summed E-state index contributed by atoms with van der Waals surface area (Å²) in [6, 6.07) is 10.5. The minimum atomic E-state index is -3.16. The van der Waals surface area contributed by atoms with Gasteiger partial charge in [-0.2, -0.15) is 0 Å². The van der Waals surface area contributed by atoms with Crippen LogP contribution in [-0.2, 0) is 9.84 Å². The van der Waals surface area contributed by atoms with E-state index in [-0.39, 0.29) is 30.3 Å². The second-order valence-corrected chi connectivity index (χ2v) is 9.43. The molecule has 2 aromatic carbocycles. The van der Waals surface area contributed by atoms with Crippen LogP contribution in [0, 0.1) is 12.7 Å². The summed E-state index contributed by atoms with van der Waals surface area (Å²) in [4.78, 5) is 26.7. The van der Waals surface area contributed by atoms with E-state index in [9.17, 15) is 22.4 Å². The number of rotatable bonds is 3. The summed E-state index contributed by atoms with van der Waals surface area (Å²) >= 11 is 0. The van der Waals surface area contributed by atoms with Gasteiger partial charge in [-0.1, -0.05) is 18.2 Å². The van der Waals surface area contributed by atoms with Crippen molar-refractivity contribution in [2.75, 3.05) is 24.2 Å². The fourth-order valence-corrected chi connectivity index (χ4v) is 4.33. The number of anilines is 1. The third-order valence-electron chi connectivity index (χ3n) is 4.87. The maximum atomic E-state index is 13.8. The second-order valence-electron chi connectivity index (χ2n) is 6.89. The van der Waals surface area contributed by atoms with Gasteiger partial charge in [-0.3, -0.25) is 9.59 Å². The Labute approximate surface area is 163 Å². The predicted octanol–water partition coefficient (Wildman–Crippen LogP) is 2.65. The zero-order valence-electron chi connectivity index (χ0n) is 15.6. The van der Waals surface area contributed by atoms with E-state index in [2.05, 4.69) is 5.32 Å². The Morgan fingerprint density at radius 3 is 2.57 bits per heavy atom. The molecule has 1 fully saturated rings. The molecule has 1 N–H and O–H groups in total. The van der Waals surface area contributed by atoms with Gasteiger partial charge in [0.05, 0.1) is 16.6 Å². The van der Waals surface area contributed by atoms with Crippen molar-refractivity contribution >= 4 is 27.3 Å². The van der Waals surface area contributed by atoms with Crippen LogP contribution in [0.15, 0.2) is 42.5 Å². The Hall–Kier alpha value is -2.74. The van der Waals surface area contributed by atoms with E-state index in [0.29, 0.717) is 11.3 Å². The molecule has 0 aliphatic carbocycles. The van der Waals surface area contributed by atoms with Crippen molar-refractivity contribution in [3.05, 3.63) is 65.0 Å². The lowest BCUT2D eigenvalue weighted by molar-refractivity contribution is 0.0760. The van der Waals surface area contributed by atoms with Gasteiger partial charge in [-0.15, -0.1) is 0 Å². The van der Waals surface area contributed by atoms with Crippen molar-refractivity contribution in [1.82, 2.24) is 4.90 Å². The van der Waals surface area contributed by atoms with Crippen LogP contribution in [0.5, 0.6) is 0 Å². The molecule has 0 saturated carbocycles. The summed E-state index contributed by atoms with van der Waals surface area (Å²) in [7, 11) is -3.16. The smallest absolute Gasteiger partial charge is 0.258 e. The van der Waals surface area contributed by atoms with Crippen molar-refractivity contribution in [2.24, 2.45) is 0 Å². The number of hydrogen-bond acceptors (Lipinski definition) is 4. The maximum absolute atomic E-state index is 13.8. The van der Waals surface area contributed by atoms with Crippen LogP contribution in [-0.4, -0.2) is 49.2 Å². The number of amides is 2. The highest BCUT2D eigenvalue weighted by atomic mass is 32.2. The predicted molar refractivity (Wildman–Crippen MR) is 105 cm³/mol. The summed E-state index contributed by atoms with van der Waals surface area (Å²) in [5.41, 5.74) is 1.36. The van der Waals surface area contributed by atoms with Crippen LogP contribution in [0.2, 0.25) is 0 Å². The molecule has 28 heavy (non-hydrogen) atoms. The van der Waals surface area contributed by atoms with E-state index in [4.69, 9.17) is 0 Å². The molecule has 1 heterocycles. The fraction of sp³-hybridized carbons (Fsp3) is 0.300. The lowest BCUT2D eigenvalue weighted by Crippen LogP contribution is -2.48. The van der Waals surface area contributed by atoms with Crippen molar-refractivity contribution in [3.63, 3.8) is 0 Å². The molecule has 1 aliphatic rings. The Balaban J connectivity index is 1.81. The first-order chi connectivity index (χ1) is 13.2. The highest BCUT2D eigenvalue weighted by Crippen LogP contribution is 2.21. The fourth-order valence-electron chi connectivity index (χ4n) is 3.05. The molecule has 1 atom stereocenters. The second kappa shape index (κ2) is 7.71. The number of halogens is 1. The van der Waals surface area contributed by atoms with E-state index in [1.807, 2.05) is 0 Å². The SMILES string of the molecule is Cc1ccc(C(=O)N2CCS(=O)(=O)[C@H](C)C2)cc1NC(=O)c1ccccc1F. The molecule has 6 nitrogen and oxygen atoms in total. The maximum Gasteiger partial charge on any atom is 0.258 e. The van der Waals surface area contributed by atoms with Gasteiger partial charge in [0.15, 0.2) is 9.84 Å². The van der Waals surface area contributed by atoms with E-state index in [1.54, 1.807) is 32.0 Å². The Kier molecular flexibility index (Phi) is 5.51. The van der Waals surface area contributed by atoms with Gasteiger partial charge in [-0.25, -0.2) is 12.8 Å². The average Bonchev–Trinajstić information content (AvgIpc) is 2.65. The molecular formula is C20H21FN2O4S. The molecule has 3 rings (SSSR count). The monoisotopic (exact) mass is 404 g/mol. The van der Waals surface area contributed by atoms with E-state index in [0.717, 1.165) is 5.56 Å². The summed E-state index contributed by atoms with van der Waals surface area (Å²) in [5.74, 6) is -1.61. The molecule has 8 heteroatoms. The van der Waals surface area contributed by atoms with Crippen LogP contribution in [0.3, 0.4) is 0 Å². The average molecular weight is 404 g/mol. The summed E-state index contributed by atoms with van der Waals surface area (Å²) in [5, 5.41) is 2.03. The van der Waals surface area contributed by atoms with Gasteiger partial charge in [0, 0.05) is 24.3 Å². The molecule has 148 valence electrons. The molecule has 0 bridgehead atoms. The minimum Gasteiger partial charge on any atom is -0.336 e. The molecule has 2 aromatic rings. The summed E-state index contributed by atoms with van der Waals surface area (Å²) < 4.78 is 37.5. The van der Waals surface area contributed by atoms with Crippen molar-refractivity contribution in [1.29, 1.82) is 0 Å². The molecular weight excluding hydrogens is 383 g/mol. The Bertz CT molecular complexity index is 1040. The van der Waals surface area contributed by atoms with E-state index >= 15 is 0 Å². The molecule has 0 unspecified atom stereocenters. The van der Waals surface area contributed by atoms with Crippen LogP contribution < -0.4 is 5.32 Å². The van der Waals surface area contributed by atoms with E-state index < -0.39 is 26.8 Å². The van der Waals surface area contributed by atoms with Gasteiger partial charge in [0.25, 0.3) is 11.8 Å². The van der Waals surface area contributed by atoms with E-state index in [1.165, 1.54) is 29.2 Å². The van der Waals surface area contributed by atoms with Gasteiger partial charge in [0.1, 0.15) is 5.82 Å². The zero-order valence-corrected chi connectivity index (χ0v) is 16.4. The van der Waals surface area contributed by atoms with Crippen LogP contribution in [0.4, 0.5) is 10.1 Å². The molecule has 1 saturated heterocycles. The molecule has 0 spiro atoms. The topological polar surface area (TPSA) is 83.6 Å². The zero-order chi connectivity index (χ0) is 20.5.